The fourth-order valence-corrected chi connectivity index (χ4v) is 3.59. The first-order valence-electron chi connectivity index (χ1n) is 9.41. The van der Waals surface area contributed by atoms with Gasteiger partial charge in [0, 0.05) is 62.1 Å². The number of H-pyrrole nitrogens is 1. The topological polar surface area (TPSA) is 78.8 Å². The first-order valence-corrected chi connectivity index (χ1v) is 9.41. The maximum Gasteiger partial charge on any atom is 0.182 e. The Balaban J connectivity index is 1.42. The summed E-state index contributed by atoms with van der Waals surface area (Å²) >= 11 is 0. The monoisotopic (exact) mass is 374 g/mol. The van der Waals surface area contributed by atoms with Gasteiger partial charge in [-0.1, -0.05) is 0 Å². The van der Waals surface area contributed by atoms with E-state index in [9.17, 15) is 0 Å². The highest BCUT2D eigenvalue weighted by atomic mass is 15.3. The lowest BCUT2D eigenvalue weighted by atomic mass is 10.1. The number of pyridine rings is 2. The van der Waals surface area contributed by atoms with Gasteiger partial charge < -0.3 is 9.80 Å². The molecule has 0 atom stereocenters. The van der Waals surface area contributed by atoms with Crippen LogP contribution in [0.15, 0.2) is 42.9 Å². The third kappa shape index (κ3) is 3.01. The first-order chi connectivity index (χ1) is 13.7. The van der Waals surface area contributed by atoms with Crippen LogP contribution >= 0.6 is 0 Å². The molecule has 1 N–H and O–H groups in total. The van der Waals surface area contributed by atoms with E-state index in [0.717, 1.165) is 59.9 Å². The maximum absolute atomic E-state index is 4.72. The molecule has 142 valence electrons. The molecular formula is C20H22N8. The fraction of sp³-hybridized carbons (Fsp3) is 0.300. The van der Waals surface area contributed by atoms with Gasteiger partial charge in [0.2, 0.25) is 0 Å². The lowest BCUT2D eigenvalue weighted by Crippen LogP contribution is -2.44. The van der Waals surface area contributed by atoms with Gasteiger partial charge in [-0.3, -0.25) is 9.78 Å². The summed E-state index contributed by atoms with van der Waals surface area (Å²) in [5.41, 5.74) is 4.49. The van der Waals surface area contributed by atoms with Gasteiger partial charge in [-0.25, -0.2) is 9.97 Å². The van der Waals surface area contributed by atoms with Gasteiger partial charge >= 0.3 is 0 Å². The molecule has 0 spiro atoms. The molecule has 4 aromatic rings. The Hall–Kier alpha value is -3.26. The number of likely N-dealkylation sites (N-methyl/N-ethyl adjacent to an activating group) is 1. The smallest absolute Gasteiger partial charge is 0.182 e. The molecule has 5 rings (SSSR count). The van der Waals surface area contributed by atoms with Crippen LogP contribution in [0.25, 0.3) is 33.5 Å². The number of hydrogen-bond acceptors (Lipinski definition) is 6. The van der Waals surface area contributed by atoms with Crippen LogP contribution in [0, 0.1) is 0 Å². The van der Waals surface area contributed by atoms with E-state index >= 15 is 0 Å². The summed E-state index contributed by atoms with van der Waals surface area (Å²) in [4.78, 5) is 14.1. The maximum atomic E-state index is 4.72. The fourth-order valence-electron chi connectivity index (χ4n) is 3.59. The molecule has 1 saturated heterocycles. The van der Waals surface area contributed by atoms with Crippen molar-refractivity contribution < 1.29 is 0 Å². The van der Waals surface area contributed by atoms with Crippen molar-refractivity contribution in [1.29, 1.82) is 0 Å². The van der Waals surface area contributed by atoms with Crippen molar-refractivity contribution in [2.75, 3.05) is 38.1 Å². The standard InChI is InChI=1S/C20H22N8/c1-26-7-9-28(10-8-26)18-6-3-14(11-21-18)17-5-4-16-19(24-25-20(16)23-17)15-12-22-27(2)13-15/h3-6,11-13H,7-10H2,1-2H3,(H,23,24,25). The van der Waals surface area contributed by atoms with Crippen molar-refractivity contribution >= 4 is 16.9 Å². The number of rotatable bonds is 3. The molecule has 0 bridgehead atoms. The summed E-state index contributed by atoms with van der Waals surface area (Å²) in [5, 5.41) is 12.7. The van der Waals surface area contributed by atoms with Gasteiger partial charge in [0.1, 0.15) is 5.82 Å². The van der Waals surface area contributed by atoms with E-state index in [1.165, 1.54) is 0 Å². The van der Waals surface area contributed by atoms with Crippen molar-refractivity contribution in [2.45, 2.75) is 0 Å². The van der Waals surface area contributed by atoms with Crippen molar-refractivity contribution in [3.05, 3.63) is 42.9 Å². The second-order valence-corrected chi connectivity index (χ2v) is 7.26. The Morgan fingerprint density at radius 3 is 2.50 bits per heavy atom. The molecule has 8 heteroatoms. The van der Waals surface area contributed by atoms with Crippen LogP contribution in [0.2, 0.25) is 0 Å². The molecule has 0 aliphatic carbocycles. The molecule has 0 radical (unpaired) electrons. The number of hydrogen-bond donors (Lipinski definition) is 1. The molecule has 1 aliphatic heterocycles. The molecule has 28 heavy (non-hydrogen) atoms. The molecular weight excluding hydrogens is 352 g/mol. The predicted molar refractivity (Wildman–Crippen MR) is 109 cm³/mol. The Labute approximate surface area is 162 Å². The van der Waals surface area contributed by atoms with E-state index in [4.69, 9.17) is 4.98 Å². The van der Waals surface area contributed by atoms with E-state index < -0.39 is 0 Å². The largest absolute Gasteiger partial charge is 0.354 e. The van der Waals surface area contributed by atoms with Gasteiger partial charge in [0.25, 0.3) is 0 Å². The molecule has 0 amide bonds. The third-order valence-electron chi connectivity index (χ3n) is 5.28. The molecule has 4 aromatic heterocycles. The lowest BCUT2D eigenvalue weighted by Gasteiger charge is -2.33. The minimum absolute atomic E-state index is 0.694. The number of fused-ring (bicyclic) bond motifs is 1. The number of aryl methyl sites for hydroxylation is 1. The van der Waals surface area contributed by atoms with E-state index in [-0.39, 0.29) is 0 Å². The summed E-state index contributed by atoms with van der Waals surface area (Å²) in [6.07, 6.45) is 5.68. The Morgan fingerprint density at radius 1 is 0.929 bits per heavy atom. The number of aromatic nitrogens is 6. The second kappa shape index (κ2) is 6.72. The summed E-state index contributed by atoms with van der Waals surface area (Å²) < 4.78 is 1.78. The SMILES string of the molecule is CN1CCN(c2ccc(-c3ccc4c(-c5cnn(C)c5)[nH]nc4n3)cn2)CC1. The van der Waals surface area contributed by atoms with Crippen LogP contribution in [0.5, 0.6) is 0 Å². The van der Waals surface area contributed by atoms with Crippen molar-refractivity contribution in [3.8, 4) is 22.5 Å². The molecule has 8 nitrogen and oxygen atoms in total. The number of aromatic amines is 1. The predicted octanol–water partition coefficient (Wildman–Crippen LogP) is 2.17. The minimum atomic E-state index is 0.694. The Kier molecular flexibility index (Phi) is 4.05. The lowest BCUT2D eigenvalue weighted by molar-refractivity contribution is 0.312. The number of nitrogens with zero attached hydrogens (tertiary/aromatic N) is 7. The van der Waals surface area contributed by atoms with Crippen LogP contribution in [0.1, 0.15) is 0 Å². The van der Waals surface area contributed by atoms with Crippen molar-refractivity contribution in [1.82, 2.24) is 34.8 Å². The van der Waals surface area contributed by atoms with Crippen LogP contribution in [0.3, 0.4) is 0 Å². The van der Waals surface area contributed by atoms with Gasteiger partial charge in [-0.05, 0) is 31.3 Å². The zero-order valence-corrected chi connectivity index (χ0v) is 16.0. The molecule has 0 saturated carbocycles. The van der Waals surface area contributed by atoms with Crippen LogP contribution in [-0.4, -0.2) is 68.1 Å². The number of anilines is 1. The number of nitrogens with one attached hydrogen (secondary N) is 1. The Morgan fingerprint density at radius 2 is 1.79 bits per heavy atom. The molecule has 0 unspecified atom stereocenters. The number of piperazine rings is 1. The summed E-state index contributed by atoms with van der Waals surface area (Å²) in [5.74, 6) is 1.02. The zero-order chi connectivity index (χ0) is 19.1. The van der Waals surface area contributed by atoms with Crippen LogP contribution < -0.4 is 4.90 Å². The van der Waals surface area contributed by atoms with Crippen molar-refractivity contribution in [2.24, 2.45) is 7.05 Å². The van der Waals surface area contributed by atoms with E-state index in [0.29, 0.717) is 5.65 Å². The van der Waals surface area contributed by atoms with E-state index in [2.05, 4.69) is 55.3 Å². The van der Waals surface area contributed by atoms with Crippen LogP contribution in [0.4, 0.5) is 5.82 Å². The highest BCUT2D eigenvalue weighted by molar-refractivity contribution is 5.91. The van der Waals surface area contributed by atoms with Gasteiger partial charge in [0.15, 0.2) is 5.65 Å². The molecule has 0 aromatic carbocycles. The van der Waals surface area contributed by atoms with Gasteiger partial charge in [-0.15, -0.1) is 0 Å². The molecule has 5 heterocycles. The zero-order valence-electron chi connectivity index (χ0n) is 16.0. The van der Waals surface area contributed by atoms with Gasteiger partial charge in [0.05, 0.1) is 17.6 Å². The highest BCUT2D eigenvalue weighted by Gasteiger charge is 2.16. The molecule has 1 fully saturated rings. The minimum Gasteiger partial charge on any atom is -0.354 e. The normalized spacial score (nSPS) is 15.4. The first kappa shape index (κ1) is 16.9. The average molecular weight is 374 g/mol. The summed E-state index contributed by atoms with van der Waals surface area (Å²) in [6.45, 7) is 4.16. The van der Waals surface area contributed by atoms with E-state index in [1.807, 2.05) is 31.7 Å². The summed E-state index contributed by atoms with van der Waals surface area (Å²) in [7, 11) is 4.06. The Bertz CT molecular complexity index is 1100. The third-order valence-corrected chi connectivity index (χ3v) is 5.28. The van der Waals surface area contributed by atoms with Crippen LogP contribution in [-0.2, 0) is 7.05 Å². The van der Waals surface area contributed by atoms with E-state index in [1.54, 1.807) is 4.68 Å². The molecule has 1 aliphatic rings. The van der Waals surface area contributed by atoms with Gasteiger partial charge in [-0.2, -0.15) is 10.2 Å². The summed E-state index contributed by atoms with van der Waals surface area (Å²) in [6, 6.07) is 8.24. The second-order valence-electron chi connectivity index (χ2n) is 7.26. The quantitative estimate of drug-likeness (QED) is 0.592. The average Bonchev–Trinajstić information content (AvgIpc) is 3.34. The highest BCUT2D eigenvalue weighted by Crippen LogP contribution is 2.27. The van der Waals surface area contributed by atoms with Crippen molar-refractivity contribution in [3.63, 3.8) is 0 Å².